The molecular weight excluding hydrogens is 272 g/mol. The van der Waals surface area contributed by atoms with Crippen LogP contribution >= 0.6 is 11.3 Å². The van der Waals surface area contributed by atoms with Crippen LogP contribution in [0.3, 0.4) is 0 Å². The number of thiazole rings is 1. The van der Waals surface area contributed by atoms with Crippen molar-refractivity contribution >= 4 is 28.2 Å². The first-order valence-electron chi connectivity index (χ1n) is 6.47. The molecule has 2 N–H and O–H groups in total. The second-order valence-electron chi connectivity index (χ2n) is 4.46. The van der Waals surface area contributed by atoms with Crippen LogP contribution in [0, 0.1) is 13.8 Å². The highest BCUT2D eigenvalue weighted by Crippen LogP contribution is 2.23. The summed E-state index contributed by atoms with van der Waals surface area (Å²) < 4.78 is 0. The van der Waals surface area contributed by atoms with Gasteiger partial charge in [-0.3, -0.25) is 10.1 Å². The van der Waals surface area contributed by atoms with Gasteiger partial charge in [0.25, 0.3) is 5.91 Å². The van der Waals surface area contributed by atoms with Gasteiger partial charge in [-0.2, -0.15) is 0 Å². The molecule has 1 amide bonds. The van der Waals surface area contributed by atoms with Crippen LogP contribution < -0.4 is 10.6 Å². The van der Waals surface area contributed by atoms with Gasteiger partial charge in [0.2, 0.25) is 0 Å². The number of carbonyl (C=O) groups excluding carboxylic acids is 1. The number of pyridine rings is 1. The van der Waals surface area contributed by atoms with Crippen LogP contribution in [0.1, 0.15) is 33.5 Å². The summed E-state index contributed by atoms with van der Waals surface area (Å²) in [6.45, 7) is 5.93. The number of rotatable bonds is 4. The smallest absolute Gasteiger partial charge is 0.257 e. The van der Waals surface area contributed by atoms with Crippen LogP contribution in [-0.4, -0.2) is 22.9 Å². The fourth-order valence-electron chi connectivity index (χ4n) is 1.91. The molecule has 0 fully saturated rings. The standard InChI is InChI=1S/C14H18N4OS/c1-5-11-9(3)20-14(17-11)18-13(19)10-6-8(2)16-12(7-10)15-4/h6-7H,5H2,1-4H3,(H,15,16)(H,17,18,19). The van der Waals surface area contributed by atoms with Crippen LogP contribution in [-0.2, 0) is 6.42 Å². The minimum absolute atomic E-state index is 0.164. The lowest BCUT2D eigenvalue weighted by Crippen LogP contribution is -2.13. The Morgan fingerprint density at radius 3 is 2.65 bits per heavy atom. The molecule has 0 aliphatic heterocycles. The van der Waals surface area contributed by atoms with E-state index in [-0.39, 0.29) is 5.91 Å². The first-order chi connectivity index (χ1) is 9.53. The van der Waals surface area contributed by atoms with Crippen molar-refractivity contribution in [1.82, 2.24) is 9.97 Å². The summed E-state index contributed by atoms with van der Waals surface area (Å²) in [6, 6.07) is 3.49. The minimum atomic E-state index is -0.164. The predicted octanol–water partition coefficient (Wildman–Crippen LogP) is 3.01. The molecule has 0 bridgehead atoms. The Bertz CT molecular complexity index is 636. The van der Waals surface area contributed by atoms with Gasteiger partial charge < -0.3 is 5.32 Å². The van der Waals surface area contributed by atoms with Crippen molar-refractivity contribution in [3.63, 3.8) is 0 Å². The highest BCUT2D eigenvalue weighted by molar-refractivity contribution is 7.15. The SMILES string of the molecule is CCc1nc(NC(=O)c2cc(C)nc(NC)c2)sc1C. The predicted molar refractivity (Wildman–Crippen MR) is 82.7 cm³/mol. The second kappa shape index (κ2) is 6.00. The third kappa shape index (κ3) is 3.14. The number of anilines is 2. The van der Waals surface area contributed by atoms with Crippen molar-refractivity contribution in [2.24, 2.45) is 0 Å². The lowest BCUT2D eigenvalue weighted by atomic mass is 10.2. The molecule has 0 aliphatic rings. The first kappa shape index (κ1) is 14.5. The van der Waals surface area contributed by atoms with Crippen LogP contribution in [0.15, 0.2) is 12.1 Å². The summed E-state index contributed by atoms with van der Waals surface area (Å²) in [5, 5.41) is 6.43. The van der Waals surface area contributed by atoms with E-state index in [0.717, 1.165) is 22.7 Å². The maximum atomic E-state index is 12.2. The van der Waals surface area contributed by atoms with Gasteiger partial charge in [0.15, 0.2) is 5.13 Å². The van der Waals surface area contributed by atoms with Crippen LogP contribution in [0.5, 0.6) is 0 Å². The minimum Gasteiger partial charge on any atom is -0.373 e. The van der Waals surface area contributed by atoms with E-state index in [9.17, 15) is 4.79 Å². The van der Waals surface area contributed by atoms with Gasteiger partial charge in [-0.25, -0.2) is 9.97 Å². The first-order valence-corrected chi connectivity index (χ1v) is 7.29. The molecule has 5 nitrogen and oxygen atoms in total. The van der Waals surface area contributed by atoms with Gasteiger partial charge >= 0.3 is 0 Å². The number of amides is 1. The van der Waals surface area contributed by atoms with Crippen LogP contribution in [0.4, 0.5) is 10.9 Å². The van der Waals surface area contributed by atoms with Gasteiger partial charge in [-0.05, 0) is 32.4 Å². The van der Waals surface area contributed by atoms with Gasteiger partial charge in [0.05, 0.1) is 5.69 Å². The summed E-state index contributed by atoms with van der Waals surface area (Å²) in [6.07, 6.45) is 0.871. The Morgan fingerprint density at radius 1 is 1.30 bits per heavy atom. The molecule has 0 saturated carbocycles. The quantitative estimate of drug-likeness (QED) is 0.908. The lowest BCUT2D eigenvalue weighted by Gasteiger charge is -2.06. The number of aromatic nitrogens is 2. The van der Waals surface area contributed by atoms with E-state index in [4.69, 9.17) is 0 Å². The molecule has 0 atom stereocenters. The van der Waals surface area contributed by atoms with E-state index in [1.807, 2.05) is 13.8 Å². The van der Waals surface area contributed by atoms with E-state index in [1.165, 1.54) is 11.3 Å². The van der Waals surface area contributed by atoms with Crippen LogP contribution in [0.25, 0.3) is 0 Å². The van der Waals surface area contributed by atoms with Crippen molar-refractivity contribution in [1.29, 1.82) is 0 Å². The molecule has 0 spiro atoms. The molecule has 0 saturated heterocycles. The zero-order chi connectivity index (χ0) is 14.7. The number of carbonyl (C=O) groups is 1. The molecule has 2 aromatic rings. The number of nitrogens with zero attached hydrogens (tertiary/aromatic N) is 2. The zero-order valence-electron chi connectivity index (χ0n) is 12.1. The Balaban J connectivity index is 2.21. The number of hydrogen-bond donors (Lipinski definition) is 2. The molecule has 2 aromatic heterocycles. The van der Waals surface area contributed by atoms with Gasteiger partial charge in [-0.15, -0.1) is 11.3 Å². The number of aryl methyl sites for hydroxylation is 3. The molecular formula is C14H18N4OS. The van der Waals surface area contributed by atoms with Crippen molar-refractivity contribution < 1.29 is 4.79 Å². The third-order valence-electron chi connectivity index (χ3n) is 2.92. The maximum absolute atomic E-state index is 12.2. The summed E-state index contributed by atoms with van der Waals surface area (Å²) in [7, 11) is 1.78. The molecule has 6 heteroatoms. The third-order valence-corrected chi connectivity index (χ3v) is 3.85. The maximum Gasteiger partial charge on any atom is 0.257 e. The van der Waals surface area contributed by atoms with E-state index < -0.39 is 0 Å². The van der Waals surface area contributed by atoms with E-state index in [1.54, 1.807) is 19.2 Å². The lowest BCUT2D eigenvalue weighted by molar-refractivity contribution is 0.102. The summed E-state index contributed by atoms with van der Waals surface area (Å²) in [5.74, 6) is 0.517. The molecule has 0 radical (unpaired) electrons. The monoisotopic (exact) mass is 290 g/mol. The normalized spacial score (nSPS) is 10.4. The molecule has 2 rings (SSSR count). The second-order valence-corrected chi connectivity index (χ2v) is 5.67. The Labute approximate surface area is 122 Å². The molecule has 106 valence electrons. The summed E-state index contributed by atoms with van der Waals surface area (Å²) in [5.41, 5.74) is 2.41. The highest BCUT2D eigenvalue weighted by atomic mass is 32.1. The van der Waals surface area contributed by atoms with Crippen molar-refractivity contribution in [2.75, 3.05) is 17.7 Å². The highest BCUT2D eigenvalue weighted by Gasteiger charge is 2.12. The van der Waals surface area contributed by atoms with Gasteiger partial charge in [0.1, 0.15) is 5.82 Å². The van der Waals surface area contributed by atoms with E-state index in [2.05, 4.69) is 27.5 Å². The molecule has 0 unspecified atom stereocenters. The van der Waals surface area contributed by atoms with E-state index >= 15 is 0 Å². The summed E-state index contributed by atoms with van der Waals surface area (Å²) in [4.78, 5) is 22.1. The number of hydrogen-bond acceptors (Lipinski definition) is 5. The molecule has 0 aromatic carbocycles. The topological polar surface area (TPSA) is 66.9 Å². The molecule has 2 heterocycles. The van der Waals surface area contributed by atoms with Gasteiger partial charge in [-0.1, -0.05) is 6.92 Å². The fourth-order valence-corrected chi connectivity index (χ4v) is 2.80. The fraction of sp³-hybridized carbons (Fsp3) is 0.357. The largest absolute Gasteiger partial charge is 0.373 e. The van der Waals surface area contributed by atoms with E-state index in [0.29, 0.717) is 16.5 Å². The molecule has 20 heavy (non-hydrogen) atoms. The molecule has 0 aliphatic carbocycles. The summed E-state index contributed by atoms with van der Waals surface area (Å²) >= 11 is 1.50. The average Bonchev–Trinajstić information content (AvgIpc) is 2.77. The van der Waals surface area contributed by atoms with Crippen molar-refractivity contribution in [2.45, 2.75) is 27.2 Å². The van der Waals surface area contributed by atoms with Crippen molar-refractivity contribution in [3.05, 3.63) is 34.0 Å². The average molecular weight is 290 g/mol. The Kier molecular flexibility index (Phi) is 4.34. The Morgan fingerprint density at radius 2 is 2.05 bits per heavy atom. The zero-order valence-corrected chi connectivity index (χ0v) is 12.9. The number of nitrogens with one attached hydrogen (secondary N) is 2. The van der Waals surface area contributed by atoms with Gasteiger partial charge in [0, 0.05) is 23.2 Å². The Hall–Kier alpha value is -1.95. The van der Waals surface area contributed by atoms with Crippen LogP contribution in [0.2, 0.25) is 0 Å². The van der Waals surface area contributed by atoms with Crippen molar-refractivity contribution in [3.8, 4) is 0 Å².